The number of carbonyl (C=O) groups is 18. The molecule has 0 spiro atoms. The smallest absolute Gasteiger partial charge is 0.340 e. The zero-order valence-corrected chi connectivity index (χ0v) is 78.3. The number of methoxy groups -OCH3 is 4. The summed E-state index contributed by atoms with van der Waals surface area (Å²) in [6.45, 7) is 6.81. The maximum atomic E-state index is 12.3. The van der Waals surface area contributed by atoms with Gasteiger partial charge in [-0.3, -0.25) is 47.9 Å². The lowest BCUT2D eigenvalue weighted by Gasteiger charge is -2.12. The molecule has 6 amide bonds. The molecule has 14 N–H and O–H groups in total. The lowest BCUT2D eigenvalue weighted by atomic mass is 10.0. The van der Waals surface area contributed by atoms with Gasteiger partial charge in [-0.1, -0.05) is 145 Å². The van der Waals surface area contributed by atoms with Crippen LogP contribution in [0.15, 0.2) is 255 Å². The minimum atomic E-state index is -1.26. The number of amides is 6. The second-order valence-corrected chi connectivity index (χ2v) is 30.7. The van der Waals surface area contributed by atoms with Gasteiger partial charge in [-0.2, -0.15) is 0 Å². The van der Waals surface area contributed by atoms with Crippen molar-refractivity contribution in [3.8, 4) is 23.0 Å². The summed E-state index contributed by atoms with van der Waals surface area (Å²) in [4.78, 5) is 208. The van der Waals surface area contributed by atoms with Crippen LogP contribution in [0.5, 0.6) is 23.0 Å². The number of aromatic carboxylic acids is 8. The van der Waals surface area contributed by atoms with Crippen molar-refractivity contribution in [3.05, 3.63) is 398 Å². The molecular weight excluding hydrogens is 1880 g/mol. The van der Waals surface area contributed by atoms with Crippen molar-refractivity contribution in [1.82, 2.24) is 31.9 Å². The Balaban J connectivity index is 0.000000231. The van der Waals surface area contributed by atoms with Crippen molar-refractivity contribution in [1.29, 1.82) is 0 Å². The van der Waals surface area contributed by atoms with Crippen LogP contribution in [-0.4, -0.2) is 176 Å². The fourth-order valence-corrected chi connectivity index (χ4v) is 13.2. The average molecular weight is 1980 g/mol. The molecule has 0 aliphatic rings. The SMILES string of the molecule is CC(=O)c1cc(Cl)ccc1C(=O)NCc1ccc(C(=O)O)cc1.CC(=O)c1ccccc1C(=O)NCc1ccc(C(=O)O)c(Cl)c1.COc1ccc(C(=O)NCc2ccc(C(C)=O)cc2)c(C(=O)O)c1.COc1ccc(C(=O)O)c(C(=O)NCc2ccc(C(C)=O)cc2)c1.COc1cccc(C(=O)NCc2ccc(C(=O)O)cc2)c1C(=O)O.COc1cccc(C(=O)O)c1C(=O)NCc1ccc(C(=O)O)cc1. The summed E-state index contributed by atoms with van der Waals surface area (Å²) in [6.07, 6.45) is 0. The fourth-order valence-electron chi connectivity index (χ4n) is 12.8. The molecule has 0 aromatic heterocycles. The van der Waals surface area contributed by atoms with E-state index in [4.69, 9.17) is 62.6 Å². The normalized spacial score (nSPS) is 10.1. The number of benzene rings is 12. The number of carbonyl (C=O) groups excluding carboxylic acids is 10. The third kappa shape index (κ3) is 32.7. The molecule has 12 rings (SSSR count). The summed E-state index contributed by atoms with van der Waals surface area (Å²) in [5, 5.41) is 88.8. The zero-order valence-electron chi connectivity index (χ0n) is 76.8. The molecule has 38 heteroatoms. The van der Waals surface area contributed by atoms with E-state index >= 15 is 0 Å². The van der Waals surface area contributed by atoms with E-state index in [0.29, 0.717) is 55.5 Å². The van der Waals surface area contributed by atoms with Crippen LogP contribution in [0.4, 0.5) is 0 Å². The Bertz CT molecular complexity index is 6680. The van der Waals surface area contributed by atoms with Crippen LogP contribution in [0.2, 0.25) is 10.0 Å². The number of nitrogens with one attached hydrogen (secondary N) is 6. The summed E-state index contributed by atoms with van der Waals surface area (Å²) >= 11 is 11.7. The van der Waals surface area contributed by atoms with Crippen LogP contribution in [0.3, 0.4) is 0 Å². The number of rotatable bonds is 34. The second kappa shape index (κ2) is 53.8. The van der Waals surface area contributed by atoms with Crippen LogP contribution < -0.4 is 50.8 Å². The molecule has 12 aromatic rings. The quantitative estimate of drug-likeness (QED) is 0.0167. The van der Waals surface area contributed by atoms with Crippen molar-refractivity contribution < 1.29 is 146 Å². The second-order valence-electron chi connectivity index (χ2n) is 29.9. The number of halogens is 2. The molecule has 732 valence electrons. The summed E-state index contributed by atoms with van der Waals surface area (Å²) in [7, 11) is 5.54. The first kappa shape index (κ1) is 111. The Kier molecular flexibility index (Phi) is 42.0. The number of ketones is 4. The zero-order chi connectivity index (χ0) is 105. The third-order valence-corrected chi connectivity index (χ3v) is 20.8. The van der Waals surface area contributed by atoms with Crippen molar-refractivity contribution in [2.75, 3.05) is 28.4 Å². The van der Waals surface area contributed by atoms with Crippen molar-refractivity contribution >= 4 is 130 Å². The molecule has 0 saturated heterocycles. The first-order valence-corrected chi connectivity index (χ1v) is 42.7. The highest BCUT2D eigenvalue weighted by Crippen LogP contribution is 2.28. The van der Waals surface area contributed by atoms with E-state index in [-0.39, 0.29) is 163 Å². The lowest BCUT2D eigenvalue weighted by Crippen LogP contribution is -2.25. The van der Waals surface area contributed by atoms with Crippen molar-refractivity contribution in [2.24, 2.45) is 0 Å². The van der Waals surface area contributed by atoms with Crippen LogP contribution in [0.1, 0.15) is 248 Å². The van der Waals surface area contributed by atoms with E-state index in [9.17, 15) is 107 Å². The van der Waals surface area contributed by atoms with Crippen molar-refractivity contribution in [2.45, 2.75) is 67.0 Å². The topological polar surface area (TPSA) is 578 Å². The Morgan fingerprint density at radius 3 is 0.873 bits per heavy atom. The lowest BCUT2D eigenvalue weighted by molar-refractivity contribution is 0.0679. The largest absolute Gasteiger partial charge is 0.497 e. The molecule has 0 unspecified atom stereocenters. The first-order valence-electron chi connectivity index (χ1n) is 41.9. The van der Waals surface area contributed by atoms with Crippen LogP contribution in [0.25, 0.3) is 0 Å². The van der Waals surface area contributed by atoms with Crippen LogP contribution in [0, 0.1) is 0 Å². The van der Waals surface area contributed by atoms with Gasteiger partial charge in [-0.25, -0.2) is 38.4 Å². The number of carboxylic acids is 8. The minimum absolute atomic E-state index is 0.00340. The number of hydrogen-bond donors (Lipinski definition) is 14. The predicted molar refractivity (Wildman–Crippen MR) is 516 cm³/mol. The molecule has 0 heterocycles. The van der Waals surface area contributed by atoms with Gasteiger partial charge in [0.05, 0.1) is 106 Å². The maximum absolute atomic E-state index is 12.3. The summed E-state index contributed by atoms with van der Waals surface area (Å²) < 4.78 is 20.1. The average Bonchev–Trinajstić information content (AvgIpc) is 0.883. The molecule has 0 fully saturated rings. The van der Waals surface area contributed by atoms with E-state index in [2.05, 4.69) is 31.9 Å². The molecule has 36 nitrogen and oxygen atoms in total. The van der Waals surface area contributed by atoms with Gasteiger partial charge in [0.15, 0.2) is 23.1 Å². The van der Waals surface area contributed by atoms with Gasteiger partial charge in [0, 0.05) is 66.5 Å². The maximum Gasteiger partial charge on any atom is 0.340 e. The molecule has 0 atom stereocenters. The van der Waals surface area contributed by atoms with Crippen molar-refractivity contribution in [3.63, 3.8) is 0 Å². The molecule has 12 aromatic carbocycles. The molecule has 142 heavy (non-hydrogen) atoms. The fraction of sp³-hybridized carbons (Fsp3) is 0.135. The molecule has 0 aliphatic heterocycles. The number of carboxylic acid groups (broad SMARTS) is 8. The number of ether oxygens (including phenoxy) is 4. The van der Waals surface area contributed by atoms with E-state index in [1.807, 2.05) is 0 Å². The Morgan fingerprint density at radius 1 is 0.225 bits per heavy atom. The molecule has 0 saturated carbocycles. The van der Waals surface area contributed by atoms with E-state index in [0.717, 1.165) is 16.7 Å². The molecular formula is C104H92Cl2N6O30. The van der Waals surface area contributed by atoms with Gasteiger partial charge < -0.3 is 91.7 Å². The first-order chi connectivity index (χ1) is 67.5. The molecule has 0 bridgehead atoms. The molecule has 0 radical (unpaired) electrons. The summed E-state index contributed by atoms with van der Waals surface area (Å²) in [5.74, 6) is -11.5. The summed E-state index contributed by atoms with van der Waals surface area (Å²) in [6, 6.07) is 64.5. The molecule has 0 aliphatic carbocycles. The Labute approximate surface area is 819 Å². The highest BCUT2D eigenvalue weighted by Gasteiger charge is 2.26. The van der Waals surface area contributed by atoms with Gasteiger partial charge in [-0.15, -0.1) is 0 Å². The van der Waals surface area contributed by atoms with Gasteiger partial charge >= 0.3 is 47.8 Å². The van der Waals surface area contributed by atoms with E-state index < -0.39 is 77.3 Å². The monoisotopic (exact) mass is 1970 g/mol. The summed E-state index contributed by atoms with van der Waals surface area (Å²) in [5.41, 5.74) is 6.62. The number of hydrogen-bond acceptors (Lipinski definition) is 22. The predicted octanol–water partition coefficient (Wildman–Crippen LogP) is 15.4. The van der Waals surface area contributed by atoms with Gasteiger partial charge in [0.2, 0.25) is 0 Å². The standard InChI is InChI=1S/2C18H17NO5.2C17H14ClNO4.2C17H15NO6/c1-11(20)13-5-3-12(4-6-13)10-19-17(21)16-9-14(24-2)7-8-15(16)18(22)23;1-11(20)13-5-3-12(4-6-13)10-19-17(21)15-8-7-14(24-2)9-16(15)18(22)23;1-10(20)15-8-13(18)6-7-14(15)16(21)19-9-11-2-4-12(5-3-11)17(22)23;1-10(20)12-4-2-3-5-13(12)16(21)19-9-11-6-7-14(17(22)23)15(18)8-11;1-24-13-4-2-3-12(17(22)23)14(13)15(19)18-9-10-5-7-11(8-6-10)16(20)21;1-24-13-4-2-3-12(14(13)17(22)23)15(19)18-9-10-5-7-11(8-6-10)16(20)21/h2*3-9H,10H2,1-2H3,(H,19,21)(H,22,23);2*2-8H,9H2,1H3,(H,19,21)(H,22,23);2*2-8H,9H2,1H3,(H,18,19)(H,20,21)(H,22,23). The van der Waals surface area contributed by atoms with Crippen LogP contribution >= 0.6 is 23.2 Å². The Hall–Kier alpha value is -18.3. The third-order valence-electron chi connectivity index (χ3n) is 20.3. The van der Waals surface area contributed by atoms with Gasteiger partial charge in [0.25, 0.3) is 35.4 Å². The van der Waals surface area contributed by atoms with Gasteiger partial charge in [-0.05, 0) is 195 Å². The number of Topliss-reactive ketones (excluding diaryl/α,β-unsaturated/α-hetero) is 4. The minimum Gasteiger partial charge on any atom is -0.497 e. The highest BCUT2D eigenvalue weighted by atomic mass is 35.5. The van der Waals surface area contributed by atoms with Crippen LogP contribution in [-0.2, 0) is 39.3 Å². The van der Waals surface area contributed by atoms with E-state index in [1.165, 1.54) is 190 Å². The van der Waals surface area contributed by atoms with Gasteiger partial charge in [0.1, 0.15) is 28.6 Å². The highest BCUT2D eigenvalue weighted by molar-refractivity contribution is 6.33. The Morgan fingerprint density at radius 2 is 0.521 bits per heavy atom. The van der Waals surface area contributed by atoms with E-state index in [1.54, 1.807) is 121 Å².